The van der Waals surface area contributed by atoms with Gasteiger partial charge in [-0.25, -0.2) is 0 Å². The number of nitrogens with one attached hydrogen (secondary N) is 1. The quantitative estimate of drug-likeness (QED) is 0.670. The van der Waals surface area contributed by atoms with E-state index in [0.29, 0.717) is 12.8 Å². The molecule has 136 valence electrons. The first-order valence-electron chi connectivity index (χ1n) is 9.18. The minimum absolute atomic E-state index is 0.0569. The molecule has 0 aliphatic carbocycles. The van der Waals surface area contributed by atoms with Gasteiger partial charge in [-0.15, -0.1) is 0 Å². The number of hydrogen-bond donors (Lipinski definition) is 1. The Morgan fingerprint density at radius 1 is 1.08 bits per heavy atom. The standard InChI is InChI=1S/C22H25NO3/c1-12-8-9-13(2)20-16(12)6-5-7-18(20)21(25)15(4)14(3)17-10-11-19(24)23-22(17)26/h5-9,14-15,17H,10-11H2,1-4H3,(H,23,24,26). The van der Waals surface area contributed by atoms with Crippen LogP contribution in [-0.4, -0.2) is 17.6 Å². The minimum atomic E-state index is -0.301. The highest BCUT2D eigenvalue weighted by molar-refractivity contribution is 6.11. The molecule has 26 heavy (non-hydrogen) atoms. The lowest BCUT2D eigenvalue weighted by Gasteiger charge is -2.30. The van der Waals surface area contributed by atoms with Crippen molar-refractivity contribution in [2.75, 3.05) is 0 Å². The molecule has 0 bridgehead atoms. The molecule has 0 aromatic heterocycles. The van der Waals surface area contributed by atoms with Crippen molar-refractivity contribution in [1.29, 1.82) is 0 Å². The summed E-state index contributed by atoms with van der Waals surface area (Å²) in [4.78, 5) is 36.8. The van der Waals surface area contributed by atoms with E-state index in [4.69, 9.17) is 0 Å². The first-order chi connectivity index (χ1) is 12.3. The molecule has 1 aliphatic rings. The molecule has 0 spiro atoms. The average molecular weight is 351 g/mol. The van der Waals surface area contributed by atoms with E-state index in [9.17, 15) is 14.4 Å². The molecule has 1 fully saturated rings. The van der Waals surface area contributed by atoms with Crippen LogP contribution in [0.5, 0.6) is 0 Å². The molecule has 1 saturated heterocycles. The number of carbonyl (C=O) groups is 3. The highest BCUT2D eigenvalue weighted by Crippen LogP contribution is 2.33. The van der Waals surface area contributed by atoms with Crippen molar-refractivity contribution < 1.29 is 14.4 Å². The monoisotopic (exact) mass is 351 g/mol. The predicted molar refractivity (Wildman–Crippen MR) is 102 cm³/mol. The van der Waals surface area contributed by atoms with Gasteiger partial charge in [0.1, 0.15) is 0 Å². The van der Waals surface area contributed by atoms with Crippen LogP contribution < -0.4 is 5.32 Å². The Bertz CT molecular complexity index is 900. The van der Waals surface area contributed by atoms with Gasteiger partial charge >= 0.3 is 0 Å². The fourth-order valence-corrected chi connectivity index (χ4v) is 3.98. The maximum Gasteiger partial charge on any atom is 0.229 e. The second-order valence-corrected chi connectivity index (χ2v) is 7.50. The number of piperidine rings is 1. The van der Waals surface area contributed by atoms with Gasteiger partial charge in [-0.1, -0.05) is 44.2 Å². The molecule has 3 rings (SSSR count). The van der Waals surface area contributed by atoms with E-state index in [1.807, 2.05) is 52.0 Å². The van der Waals surface area contributed by atoms with E-state index in [1.54, 1.807) is 0 Å². The maximum atomic E-state index is 13.3. The molecular weight excluding hydrogens is 326 g/mol. The number of hydrogen-bond acceptors (Lipinski definition) is 3. The summed E-state index contributed by atoms with van der Waals surface area (Å²) in [5, 5.41) is 4.49. The van der Waals surface area contributed by atoms with Crippen LogP contribution in [0.2, 0.25) is 0 Å². The Balaban J connectivity index is 1.94. The van der Waals surface area contributed by atoms with Crippen LogP contribution in [-0.2, 0) is 9.59 Å². The molecule has 4 nitrogen and oxygen atoms in total. The van der Waals surface area contributed by atoms with Crippen LogP contribution in [0.25, 0.3) is 10.8 Å². The van der Waals surface area contributed by atoms with E-state index >= 15 is 0 Å². The molecule has 4 heteroatoms. The molecule has 1 heterocycles. The number of ketones is 1. The van der Waals surface area contributed by atoms with E-state index in [0.717, 1.165) is 27.5 Å². The zero-order valence-electron chi connectivity index (χ0n) is 15.8. The molecule has 3 atom stereocenters. The first kappa shape index (κ1) is 18.3. The van der Waals surface area contributed by atoms with E-state index < -0.39 is 0 Å². The van der Waals surface area contributed by atoms with E-state index in [-0.39, 0.29) is 35.4 Å². The number of fused-ring (bicyclic) bond motifs is 1. The Labute approximate surface area is 154 Å². The first-order valence-corrected chi connectivity index (χ1v) is 9.18. The van der Waals surface area contributed by atoms with Gasteiger partial charge in [-0.2, -0.15) is 0 Å². The van der Waals surface area contributed by atoms with Gasteiger partial charge in [0.2, 0.25) is 11.8 Å². The third-order valence-corrected chi connectivity index (χ3v) is 5.85. The third kappa shape index (κ3) is 3.16. The zero-order chi connectivity index (χ0) is 19.0. The van der Waals surface area contributed by atoms with Gasteiger partial charge in [0.25, 0.3) is 0 Å². The van der Waals surface area contributed by atoms with Gasteiger partial charge in [-0.3, -0.25) is 19.7 Å². The van der Waals surface area contributed by atoms with E-state index in [1.165, 1.54) is 0 Å². The normalized spacial score (nSPS) is 19.9. The number of imide groups is 1. The molecule has 1 aliphatic heterocycles. The zero-order valence-corrected chi connectivity index (χ0v) is 15.8. The highest BCUT2D eigenvalue weighted by atomic mass is 16.2. The summed E-state index contributed by atoms with van der Waals surface area (Å²) in [6.45, 7) is 7.89. The lowest BCUT2D eigenvalue weighted by atomic mass is 9.76. The molecular formula is C22H25NO3. The SMILES string of the molecule is Cc1ccc(C)c2c(C(=O)C(C)C(C)C3CCC(=O)NC3=O)cccc12. The number of benzene rings is 2. The molecule has 2 aromatic rings. The Morgan fingerprint density at radius 2 is 1.77 bits per heavy atom. The summed E-state index contributed by atoms with van der Waals surface area (Å²) in [5.74, 6) is -1.15. The third-order valence-electron chi connectivity index (χ3n) is 5.85. The summed E-state index contributed by atoms with van der Waals surface area (Å²) in [6, 6.07) is 9.96. The number of Topliss-reactive ketones (excluding diaryl/α,β-unsaturated/α-hetero) is 1. The molecule has 3 unspecified atom stereocenters. The molecule has 0 saturated carbocycles. The second kappa shape index (κ2) is 7.02. The van der Waals surface area contributed by atoms with Gasteiger partial charge in [0, 0.05) is 23.8 Å². The van der Waals surface area contributed by atoms with Gasteiger partial charge < -0.3 is 0 Å². The van der Waals surface area contributed by atoms with Gasteiger partial charge in [0.15, 0.2) is 5.78 Å². The fraction of sp³-hybridized carbons (Fsp3) is 0.409. The number of amides is 2. The summed E-state index contributed by atoms with van der Waals surface area (Å²) in [7, 11) is 0. The average Bonchev–Trinajstić information content (AvgIpc) is 2.62. The van der Waals surface area contributed by atoms with Crippen LogP contribution in [0.4, 0.5) is 0 Å². The van der Waals surface area contributed by atoms with Crippen molar-refractivity contribution in [2.24, 2.45) is 17.8 Å². The predicted octanol–water partition coefficient (Wildman–Crippen LogP) is 3.96. The lowest BCUT2D eigenvalue weighted by molar-refractivity contribution is -0.137. The van der Waals surface area contributed by atoms with Gasteiger partial charge in [0.05, 0.1) is 0 Å². The highest BCUT2D eigenvalue weighted by Gasteiger charge is 2.36. The molecule has 0 radical (unpaired) electrons. The number of aryl methyl sites for hydroxylation is 2. The number of rotatable bonds is 4. The van der Waals surface area contributed by atoms with Gasteiger partial charge in [-0.05, 0) is 48.1 Å². The van der Waals surface area contributed by atoms with E-state index in [2.05, 4.69) is 11.4 Å². The van der Waals surface area contributed by atoms with Crippen LogP contribution in [0.1, 0.15) is 48.2 Å². The number of carbonyl (C=O) groups excluding carboxylic acids is 3. The topological polar surface area (TPSA) is 63.2 Å². The fourth-order valence-electron chi connectivity index (χ4n) is 3.98. The summed E-state index contributed by atoms with van der Waals surface area (Å²) in [6.07, 6.45) is 0.853. The maximum absolute atomic E-state index is 13.3. The van der Waals surface area contributed by atoms with Crippen LogP contribution in [0, 0.1) is 31.6 Å². The van der Waals surface area contributed by atoms with Crippen LogP contribution in [0.3, 0.4) is 0 Å². The second-order valence-electron chi connectivity index (χ2n) is 7.50. The Morgan fingerprint density at radius 3 is 2.46 bits per heavy atom. The Kier molecular flexibility index (Phi) is 4.94. The molecule has 2 amide bonds. The molecule has 2 aromatic carbocycles. The van der Waals surface area contributed by atoms with Crippen molar-refractivity contribution in [3.63, 3.8) is 0 Å². The lowest BCUT2D eigenvalue weighted by Crippen LogP contribution is -2.45. The Hall–Kier alpha value is -2.49. The summed E-state index contributed by atoms with van der Waals surface area (Å²) < 4.78 is 0. The largest absolute Gasteiger partial charge is 0.296 e. The van der Waals surface area contributed by atoms with Crippen LogP contribution in [0.15, 0.2) is 30.3 Å². The molecule has 1 N–H and O–H groups in total. The smallest absolute Gasteiger partial charge is 0.229 e. The summed E-state index contributed by atoms with van der Waals surface area (Å²) in [5.41, 5.74) is 2.94. The minimum Gasteiger partial charge on any atom is -0.296 e. The summed E-state index contributed by atoms with van der Waals surface area (Å²) >= 11 is 0. The van der Waals surface area contributed by atoms with Crippen molar-refractivity contribution >= 4 is 28.4 Å². The van der Waals surface area contributed by atoms with Crippen LogP contribution >= 0.6 is 0 Å². The van der Waals surface area contributed by atoms with Crippen molar-refractivity contribution in [2.45, 2.75) is 40.5 Å². The van der Waals surface area contributed by atoms with Crippen molar-refractivity contribution in [3.8, 4) is 0 Å². The van der Waals surface area contributed by atoms with Crippen molar-refractivity contribution in [1.82, 2.24) is 5.32 Å². The van der Waals surface area contributed by atoms with Crippen molar-refractivity contribution in [3.05, 3.63) is 47.0 Å².